The van der Waals surface area contributed by atoms with Gasteiger partial charge in [0.1, 0.15) is 19.3 Å². The number of benzene rings is 1. The van der Waals surface area contributed by atoms with Crippen molar-refractivity contribution in [3.63, 3.8) is 0 Å². The molecule has 1 aromatic rings. The van der Waals surface area contributed by atoms with E-state index in [4.69, 9.17) is 14.3 Å². The van der Waals surface area contributed by atoms with Gasteiger partial charge in [0.05, 0.1) is 6.54 Å². The van der Waals surface area contributed by atoms with Crippen molar-refractivity contribution >= 4 is 5.91 Å². The lowest BCUT2D eigenvalue weighted by molar-refractivity contribution is -0.178. The number of β-amino-alcohol motifs (C(OH)–C–C–N with tert-alkyl or cyclic N) is 1. The third-order valence-electron chi connectivity index (χ3n) is 2.83. The third kappa shape index (κ3) is 2.00. The average molecular weight is 251 g/mol. The van der Waals surface area contributed by atoms with Crippen molar-refractivity contribution in [2.75, 3.05) is 19.8 Å². The number of hydrogen-bond acceptors (Lipinski definition) is 5. The van der Waals surface area contributed by atoms with E-state index in [2.05, 4.69) is 0 Å². The Labute approximate surface area is 104 Å². The topological polar surface area (TPSA) is 68.2 Å². The van der Waals surface area contributed by atoms with Gasteiger partial charge in [-0.15, -0.1) is 0 Å². The molecule has 6 nitrogen and oxygen atoms in total. The number of fused-ring (bicyclic) bond motifs is 1. The summed E-state index contributed by atoms with van der Waals surface area (Å²) >= 11 is 0. The normalized spacial score (nSPS) is 26.2. The molecule has 2 aliphatic rings. The van der Waals surface area contributed by atoms with Crippen molar-refractivity contribution < 1.29 is 24.2 Å². The zero-order valence-electron chi connectivity index (χ0n) is 9.61. The molecule has 0 bridgehead atoms. The van der Waals surface area contributed by atoms with Crippen LogP contribution in [0, 0.1) is 0 Å². The predicted molar refractivity (Wildman–Crippen MR) is 60.0 cm³/mol. The molecule has 2 atom stereocenters. The molecule has 1 N–H and O–H groups in total. The Morgan fingerprint density at radius 3 is 2.78 bits per heavy atom. The Morgan fingerprint density at radius 1 is 1.28 bits per heavy atom. The van der Waals surface area contributed by atoms with Gasteiger partial charge in [-0.05, 0) is 12.1 Å². The molecule has 0 radical (unpaired) electrons. The maximum absolute atomic E-state index is 12.0. The molecule has 1 aromatic carbocycles. The molecular formula is C12H13NO5. The molecule has 96 valence electrons. The Balaban J connectivity index is 1.70. The van der Waals surface area contributed by atoms with Crippen LogP contribution in [0.2, 0.25) is 0 Å². The molecule has 0 spiro atoms. The molecule has 0 aromatic heterocycles. The zero-order valence-corrected chi connectivity index (χ0v) is 9.61. The van der Waals surface area contributed by atoms with E-state index in [1.165, 1.54) is 0 Å². The van der Waals surface area contributed by atoms with E-state index in [-0.39, 0.29) is 25.7 Å². The van der Waals surface area contributed by atoms with E-state index in [9.17, 15) is 9.90 Å². The lowest BCUT2D eigenvalue weighted by atomic mass is 10.2. The van der Waals surface area contributed by atoms with E-state index >= 15 is 0 Å². The first-order valence-corrected chi connectivity index (χ1v) is 5.75. The summed E-state index contributed by atoms with van der Waals surface area (Å²) in [6.45, 7) is 0.446. The molecule has 1 saturated heterocycles. The Kier molecular flexibility index (Phi) is 2.81. The fourth-order valence-electron chi connectivity index (χ4n) is 1.93. The van der Waals surface area contributed by atoms with Gasteiger partial charge >= 0.3 is 0 Å². The summed E-state index contributed by atoms with van der Waals surface area (Å²) in [6, 6.07) is 7.18. The standard InChI is InChI=1S/C12H13NO5/c14-8-5-13(17-6-8)12(15)11-7-16-9-3-1-2-4-10(9)18-11/h1-4,8,11,14H,5-7H2. The lowest BCUT2D eigenvalue weighted by Crippen LogP contribution is -2.45. The molecule has 1 fully saturated rings. The van der Waals surface area contributed by atoms with Crippen LogP contribution in [0.15, 0.2) is 24.3 Å². The van der Waals surface area contributed by atoms with Crippen molar-refractivity contribution in [2.45, 2.75) is 12.2 Å². The maximum Gasteiger partial charge on any atom is 0.290 e. The summed E-state index contributed by atoms with van der Waals surface area (Å²) in [5.41, 5.74) is 0. The van der Waals surface area contributed by atoms with E-state index < -0.39 is 12.2 Å². The SMILES string of the molecule is O=C(C1COc2ccccc2O1)N1CC(O)CO1. The van der Waals surface area contributed by atoms with E-state index in [1.807, 2.05) is 12.1 Å². The second-order valence-corrected chi connectivity index (χ2v) is 4.21. The smallest absolute Gasteiger partial charge is 0.290 e. The van der Waals surface area contributed by atoms with Crippen LogP contribution in [-0.4, -0.2) is 48.0 Å². The number of hydroxylamine groups is 2. The number of amides is 1. The summed E-state index contributed by atoms with van der Waals surface area (Å²) < 4.78 is 11.0. The van der Waals surface area contributed by atoms with Crippen molar-refractivity contribution in [3.05, 3.63) is 24.3 Å². The van der Waals surface area contributed by atoms with Crippen LogP contribution in [0.5, 0.6) is 11.5 Å². The van der Waals surface area contributed by atoms with E-state index in [0.29, 0.717) is 11.5 Å². The Hall–Kier alpha value is -1.79. The van der Waals surface area contributed by atoms with E-state index in [0.717, 1.165) is 5.06 Å². The van der Waals surface area contributed by atoms with Gasteiger partial charge in [-0.25, -0.2) is 5.06 Å². The molecule has 2 unspecified atom stereocenters. The number of rotatable bonds is 1. The molecule has 2 aliphatic heterocycles. The molecule has 3 rings (SSSR count). The number of carbonyl (C=O) groups is 1. The average Bonchev–Trinajstić information content (AvgIpc) is 2.84. The van der Waals surface area contributed by atoms with Gasteiger partial charge in [-0.3, -0.25) is 9.63 Å². The summed E-state index contributed by atoms with van der Waals surface area (Å²) in [5.74, 6) is 0.840. The summed E-state index contributed by atoms with van der Waals surface area (Å²) in [4.78, 5) is 17.1. The van der Waals surface area contributed by atoms with Crippen molar-refractivity contribution in [2.24, 2.45) is 0 Å². The van der Waals surface area contributed by atoms with Gasteiger partial charge in [-0.1, -0.05) is 12.1 Å². The summed E-state index contributed by atoms with van der Waals surface area (Å²) in [7, 11) is 0. The minimum Gasteiger partial charge on any atom is -0.485 e. The maximum atomic E-state index is 12.0. The minimum atomic E-state index is -0.731. The lowest BCUT2D eigenvalue weighted by Gasteiger charge is -2.27. The highest BCUT2D eigenvalue weighted by Gasteiger charge is 2.35. The number of aliphatic hydroxyl groups excluding tert-OH is 1. The molecule has 0 saturated carbocycles. The number of ether oxygens (including phenoxy) is 2. The van der Waals surface area contributed by atoms with Gasteiger partial charge < -0.3 is 14.6 Å². The number of hydrogen-bond donors (Lipinski definition) is 1. The fourth-order valence-corrected chi connectivity index (χ4v) is 1.93. The van der Waals surface area contributed by atoms with Crippen LogP contribution in [0.4, 0.5) is 0 Å². The third-order valence-corrected chi connectivity index (χ3v) is 2.83. The van der Waals surface area contributed by atoms with E-state index in [1.54, 1.807) is 12.1 Å². The molecule has 6 heteroatoms. The highest BCUT2D eigenvalue weighted by molar-refractivity contribution is 5.81. The summed E-state index contributed by atoms with van der Waals surface area (Å²) in [6.07, 6.45) is -1.36. The van der Waals surface area contributed by atoms with Crippen LogP contribution in [0.1, 0.15) is 0 Å². The fraction of sp³-hybridized carbons (Fsp3) is 0.417. The second kappa shape index (κ2) is 4.47. The highest BCUT2D eigenvalue weighted by atomic mass is 16.7. The summed E-state index contributed by atoms with van der Waals surface area (Å²) in [5, 5.41) is 10.4. The number of para-hydroxylation sites is 2. The number of nitrogens with zero attached hydrogens (tertiary/aromatic N) is 1. The van der Waals surface area contributed by atoms with Gasteiger partial charge in [0.25, 0.3) is 5.91 Å². The van der Waals surface area contributed by atoms with Crippen LogP contribution < -0.4 is 9.47 Å². The first-order chi connectivity index (χ1) is 8.74. The first kappa shape index (κ1) is 11.3. The van der Waals surface area contributed by atoms with Crippen LogP contribution in [0.25, 0.3) is 0 Å². The van der Waals surface area contributed by atoms with Crippen LogP contribution in [0.3, 0.4) is 0 Å². The zero-order chi connectivity index (χ0) is 12.5. The first-order valence-electron chi connectivity index (χ1n) is 5.75. The largest absolute Gasteiger partial charge is 0.485 e. The Morgan fingerprint density at radius 2 is 2.06 bits per heavy atom. The Bertz CT molecular complexity index is 464. The van der Waals surface area contributed by atoms with Gasteiger partial charge in [0.2, 0.25) is 6.10 Å². The van der Waals surface area contributed by atoms with Gasteiger partial charge in [0.15, 0.2) is 11.5 Å². The van der Waals surface area contributed by atoms with Crippen LogP contribution >= 0.6 is 0 Å². The van der Waals surface area contributed by atoms with Crippen molar-refractivity contribution in [1.82, 2.24) is 5.06 Å². The molecular weight excluding hydrogens is 238 g/mol. The molecule has 1 amide bonds. The molecule has 2 heterocycles. The van der Waals surface area contributed by atoms with Gasteiger partial charge in [-0.2, -0.15) is 0 Å². The number of carbonyl (C=O) groups excluding carboxylic acids is 1. The predicted octanol–water partition coefficient (Wildman–Crippen LogP) is -0.0389. The minimum absolute atomic E-state index is 0.135. The quantitative estimate of drug-likeness (QED) is 0.758. The molecule has 0 aliphatic carbocycles. The number of aliphatic hydroxyl groups is 1. The van der Waals surface area contributed by atoms with Crippen molar-refractivity contribution in [1.29, 1.82) is 0 Å². The van der Waals surface area contributed by atoms with Crippen molar-refractivity contribution in [3.8, 4) is 11.5 Å². The van der Waals surface area contributed by atoms with Gasteiger partial charge in [0, 0.05) is 0 Å². The monoisotopic (exact) mass is 251 g/mol. The molecule has 18 heavy (non-hydrogen) atoms. The highest BCUT2D eigenvalue weighted by Crippen LogP contribution is 2.31. The van der Waals surface area contributed by atoms with Crippen LogP contribution in [-0.2, 0) is 9.63 Å². The second-order valence-electron chi connectivity index (χ2n) is 4.21.